The first-order chi connectivity index (χ1) is 11.7. The van der Waals surface area contributed by atoms with E-state index in [1.165, 1.54) is 10.5 Å². The van der Waals surface area contributed by atoms with Crippen molar-refractivity contribution in [2.24, 2.45) is 0 Å². The lowest BCUT2D eigenvalue weighted by atomic mass is 10.1. The predicted octanol–water partition coefficient (Wildman–Crippen LogP) is -1.02. The Morgan fingerprint density at radius 3 is 2.24 bits per heavy atom. The van der Waals surface area contributed by atoms with Crippen molar-refractivity contribution in [3.8, 4) is 0 Å². The molecular weight excluding hydrogens is 316 g/mol. The third-order valence-corrected chi connectivity index (χ3v) is 4.63. The van der Waals surface area contributed by atoms with Crippen LogP contribution in [-0.4, -0.2) is 49.7 Å². The lowest BCUT2D eigenvalue weighted by Gasteiger charge is -2.32. The SMILES string of the molecule is C[C@@H](C(=O)NC(=O)NC(C)(C)C)[NH+]1CC[NH+](Cc2ccccc2)CC1. The molecular formula is C19H32N4O2+2. The standard InChI is InChI=1S/C19H30N4O2/c1-15(17(24)20-18(25)21-19(2,3)4)23-12-10-22(11-13-23)14-16-8-6-5-7-9-16/h5-9,15H,10-14H2,1-4H3,(H2,20,21,24,25)/p+2/t15-/m0/s1. The van der Waals surface area contributed by atoms with Crippen molar-refractivity contribution in [2.75, 3.05) is 26.2 Å². The van der Waals surface area contributed by atoms with E-state index < -0.39 is 6.03 Å². The molecule has 1 heterocycles. The summed E-state index contributed by atoms with van der Waals surface area (Å²) < 4.78 is 0. The van der Waals surface area contributed by atoms with Gasteiger partial charge in [-0.15, -0.1) is 0 Å². The van der Waals surface area contributed by atoms with Crippen LogP contribution in [0.4, 0.5) is 4.79 Å². The van der Waals surface area contributed by atoms with Gasteiger partial charge in [0.25, 0.3) is 5.91 Å². The second-order valence-electron chi connectivity index (χ2n) is 7.99. The zero-order chi connectivity index (χ0) is 18.4. The molecule has 2 rings (SSSR count). The highest BCUT2D eigenvalue weighted by Crippen LogP contribution is 1.97. The Hall–Kier alpha value is -1.92. The largest absolute Gasteiger partial charge is 0.333 e. The quantitative estimate of drug-likeness (QED) is 0.563. The number of hydrogen-bond acceptors (Lipinski definition) is 2. The van der Waals surface area contributed by atoms with E-state index in [-0.39, 0.29) is 17.5 Å². The lowest BCUT2D eigenvalue weighted by molar-refractivity contribution is -1.02. The van der Waals surface area contributed by atoms with E-state index in [9.17, 15) is 9.59 Å². The number of carbonyl (C=O) groups is 2. The van der Waals surface area contributed by atoms with Crippen molar-refractivity contribution in [1.82, 2.24) is 10.6 Å². The van der Waals surface area contributed by atoms with Crippen LogP contribution in [0, 0.1) is 0 Å². The number of carbonyl (C=O) groups excluding carboxylic acids is 2. The maximum Gasteiger partial charge on any atom is 0.322 e. The number of benzene rings is 1. The highest BCUT2D eigenvalue weighted by molar-refractivity contribution is 5.96. The van der Waals surface area contributed by atoms with Crippen molar-refractivity contribution in [3.63, 3.8) is 0 Å². The summed E-state index contributed by atoms with van der Waals surface area (Å²) in [5.74, 6) is -0.205. The van der Waals surface area contributed by atoms with E-state index in [2.05, 4.69) is 34.9 Å². The van der Waals surface area contributed by atoms with Gasteiger partial charge in [0.15, 0.2) is 6.04 Å². The molecule has 0 radical (unpaired) electrons. The monoisotopic (exact) mass is 348 g/mol. The van der Waals surface area contributed by atoms with Crippen molar-refractivity contribution < 1.29 is 19.4 Å². The molecule has 1 saturated heterocycles. The Labute approximate surface area is 150 Å². The molecule has 6 heteroatoms. The Morgan fingerprint density at radius 2 is 1.68 bits per heavy atom. The minimum Gasteiger partial charge on any atom is -0.333 e. The van der Waals surface area contributed by atoms with Gasteiger partial charge in [-0.25, -0.2) is 4.79 Å². The molecule has 6 nitrogen and oxygen atoms in total. The molecule has 1 aromatic rings. The number of rotatable bonds is 4. The van der Waals surface area contributed by atoms with E-state index in [0.29, 0.717) is 0 Å². The van der Waals surface area contributed by atoms with Crippen LogP contribution in [0.5, 0.6) is 0 Å². The minimum atomic E-state index is -0.419. The van der Waals surface area contributed by atoms with Crippen LogP contribution in [0.15, 0.2) is 30.3 Å². The van der Waals surface area contributed by atoms with Crippen LogP contribution in [0.2, 0.25) is 0 Å². The summed E-state index contributed by atoms with van der Waals surface area (Å²) in [5, 5.41) is 5.23. The third-order valence-electron chi connectivity index (χ3n) is 4.63. The molecule has 1 fully saturated rings. The summed E-state index contributed by atoms with van der Waals surface area (Å²) in [4.78, 5) is 27.0. The molecule has 138 valence electrons. The maximum absolute atomic E-state index is 12.3. The molecule has 0 saturated carbocycles. The molecule has 3 amide bonds. The number of nitrogens with one attached hydrogen (secondary N) is 4. The zero-order valence-electron chi connectivity index (χ0n) is 15.8. The predicted molar refractivity (Wildman–Crippen MR) is 97.4 cm³/mol. The van der Waals surface area contributed by atoms with Crippen LogP contribution in [0.25, 0.3) is 0 Å². The molecule has 1 aliphatic heterocycles. The topological polar surface area (TPSA) is 67.1 Å². The summed E-state index contributed by atoms with van der Waals surface area (Å²) in [7, 11) is 0. The fraction of sp³-hybridized carbons (Fsp3) is 0.579. The Morgan fingerprint density at radius 1 is 1.08 bits per heavy atom. The van der Waals surface area contributed by atoms with Crippen LogP contribution >= 0.6 is 0 Å². The smallest absolute Gasteiger partial charge is 0.322 e. The van der Waals surface area contributed by atoms with Crippen LogP contribution < -0.4 is 20.4 Å². The molecule has 1 atom stereocenters. The Balaban J connectivity index is 1.77. The van der Waals surface area contributed by atoms with Crippen molar-refractivity contribution in [3.05, 3.63) is 35.9 Å². The molecule has 0 aliphatic carbocycles. The number of urea groups is 1. The fourth-order valence-corrected chi connectivity index (χ4v) is 3.20. The van der Waals surface area contributed by atoms with Gasteiger partial charge in [-0.1, -0.05) is 30.3 Å². The average molecular weight is 348 g/mol. The fourth-order valence-electron chi connectivity index (χ4n) is 3.20. The number of hydrogen-bond donors (Lipinski definition) is 4. The summed E-state index contributed by atoms with van der Waals surface area (Å²) >= 11 is 0. The van der Waals surface area contributed by atoms with Gasteiger partial charge < -0.3 is 15.1 Å². The van der Waals surface area contributed by atoms with Crippen molar-refractivity contribution in [2.45, 2.75) is 45.8 Å². The first-order valence-electron chi connectivity index (χ1n) is 9.09. The summed E-state index contributed by atoms with van der Waals surface area (Å²) in [6.07, 6.45) is 0. The van der Waals surface area contributed by atoms with E-state index in [1.807, 2.05) is 33.8 Å². The normalized spacial score (nSPS) is 22.1. The van der Waals surface area contributed by atoms with Gasteiger partial charge >= 0.3 is 6.03 Å². The zero-order valence-corrected chi connectivity index (χ0v) is 15.8. The van der Waals surface area contributed by atoms with Gasteiger partial charge in [-0.3, -0.25) is 10.1 Å². The van der Waals surface area contributed by atoms with Crippen LogP contribution in [0.1, 0.15) is 33.3 Å². The van der Waals surface area contributed by atoms with Gasteiger partial charge in [0.05, 0.1) is 0 Å². The minimum absolute atomic E-state index is 0.205. The van der Waals surface area contributed by atoms with E-state index in [1.54, 1.807) is 4.90 Å². The summed E-state index contributed by atoms with van der Waals surface area (Å²) in [6.45, 7) is 12.6. The molecule has 0 bridgehead atoms. The van der Waals surface area contributed by atoms with Gasteiger partial charge in [-0.05, 0) is 27.7 Å². The van der Waals surface area contributed by atoms with Crippen LogP contribution in [0.3, 0.4) is 0 Å². The molecule has 0 spiro atoms. The molecule has 4 N–H and O–H groups in total. The third kappa shape index (κ3) is 6.48. The maximum atomic E-state index is 12.3. The van der Waals surface area contributed by atoms with Gasteiger partial charge in [0, 0.05) is 11.1 Å². The first kappa shape index (κ1) is 19.4. The summed E-state index contributed by atoms with van der Waals surface area (Å²) in [5.41, 5.74) is 0.998. The van der Waals surface area contributed by atoms with Gasteiger partial charge in [0.1, 0.15) is 32.7 Å². The molecule has 0 unspecified atom stereocenters. The van der Waals surface area contributed by atoms with Crippen LogP contribution in [-0.2, 0) is 11.3 Å². The highest BCUT2D eigenvalue weighted by Gasteiger charge is 2.32. The van der Waals surface area contributed by atoms with Gasteiger partial charge in [0.2, 0.25) is 0 Å². The van der Waals surface area contributed by atoms with E-state index in [0.717, 1.165) is 32.7 Å². The second kappa shape index (κ2) is 8.45. The lowest BCUT2D eigenvalue weighted by Crippen LogP contribution is -3.29. The Kier molecular flexibility index (Phi) is 6.56. The number of piperazine rings is 1. The molecule has 0 aromatic heterocycles. The highest BCUT2D eigenvalue weighted by atomic mass is 16.2. The number of quaternary nitrogens is 2. The molecule has 1 aromatic carbocycles. The Bertz CT molecular complexity index is 575. The van der Waals surface area contributed by atoms with Crippen molar-refractivity contribution in [1.29, 1.82) is 0 Å². The molecule has 25 heavy (non-hydrogen) atoms. The first-order valence-corrected chi connectivity index (χ1v) is 9.09. The van der Waals surface area contributed by atoms with Gasteiger partial charge in [-0.2, -0.15) is 0 Å². The number of amides is 3. The second-order valence-corrected chi connectivity index (χ2v) is 7.99. The van der Waals surface area contributed by atoms with E-state index in [4.69, 9.17) is 0 Å². The molecule has 1 aliphatic rings. The average Bonchev–Trinajstić information content (AvgIpc) is 2.54. The van der Waals surface area contributed by atoms with Crippen molar-refractivity contribution >= 4 is 11.9 Å². The number of imide groups is 1. The summed E-state index contributed by atoms with van der Waals surface area (Å²) in [6, 6.07) is 9.88. The van der Waals surface area contributed by atoms with E-state index >= 15 is 0 Å².